The Hall–Kier alpha value is -0.120. The highest BCUT2D eigenvalue weighted by Crippen LogP contribution is 2.32. The predicted molar refractivity (Wildman–Crippen MR) is 71.0 cm³/mol. The van der Waals surface area contributed by atoms with E-state index in [9.17, 15) is 0 Å². The average molecular weight is 240 g/mol. The Morgan fingerprint density at radius 2 is 2.18 bits per heavy atom. The highest BCUT2D eigenvalue weighted by Gasteiger charge is 2.36. The zero-order chi connectivity index (χ0) is 12.1. The number of nitrogens with zero attached hydrogens (tertiary/aromatic N) is 1. The van der Waals surface area contributed by atoms with Crippen LogP contribution in [0.15, 0.2) is 0 Å². The first-order chi connectivity index (χ1) is 8.36. The molecule has 2 rings (SSSR count). The van der Waals surface area contributed by atoms with E-state index in [1.807, 2.05) is 0 Å². The van der Waals surface area contributed by atoms with Gasteiger partial charge in [-0.25, -0.2) is 0 Å². The molecular weight excluding hydrogens is 212 g/mol. The molecule has 0 aromatic carbocycles. The summed E-state index contributed by atoms with van der Waals surface area (Å²) in [5.41, 5.74) is 6.04. The van der Waals surface area contributed by atoms with E-state index in [2.05, 4.69) is 11.8 Å². The van der Waals surface area contributed by atoms with Gasteiger partial charge in [0, 0.05) is 25.2 Å². The molecule has 1 aliphatic carbocycles. The summed E-state index contributed by atoms with van der Waals surface area (Å²) in [7, 11) is 0. The van der Waals surface area contributed by atoms with Crippen LogP contribution < -0.4 is 5.73 Å². The van der Waals surface area contributed by atoms with Crippen molar-refractivity contribution in [3.05, 3.63) is 0 Å². The van der Waals surface area contributed by atoms with Crippen molar-refractivity contribution in [3.63, 3.8) is 0 Å². The van der Waals surface area contributed by atoms with Crippen molar-refractivity contribution in [1.29, 1.82) is 0 Å². The maximum Gasteiger partial charge on any atom is 0.0509 e. The molecule has 17 heavy (non-hydrogen) atoms. The largest absolute Gasteiger partial charge is 0.381 e. The zero-order valence-electron chi connectivity index (χ0n) is 11.2. The number of hydrogen-bond acceptors (Lipinski definition) is 3. The molecule has 2 unspecified atom stereocenters. The number of hydrogen-bond donors (Lipinski definition) is 1. The minimum atomic E-state index is 0.564. The Balaban J connectivity index is 1.91. The molecule has 2 aliphatic rings. The molecule has 0 amide bonds. The van der Waals surface area contributed by atoms with Crippen molar-refractivity contribution < 1.29 is 4.74 Å². The molecule has 2 atom stereocenters. The molecule has 0 spiro atoms. The zero-order valence-corrected chi connectivity index (χ0v) is 11.2. The second kappa shape index (κ2) is 6.72. The fraction of sp³-hybridized carbons (Fsp3) is 1.00. The highest BCUT2D eigenvalue weighted by atomic mass is 16.5. The number of rotatable bonds is 7. The third-order valence-electron chi connectivity index (χ3n) is 4.19. The SMILES string of the molecule is CCCCN(C1CC1)C(CN)C1CCCOC1. The van der Waals surface area contributed by atoms with E-state index in [4.69, 9.17) is 10.5 Å². The molecule has 1 heterocycles. The van der Waals surface area contributed by atoms with Gasteiger partial charge in [-0.2, -0.15) is 0 Å². The molecule has 2 N–H and O–H groups in total. The van der Waals surface area contributed by atoms with Crippen molar-refractivity contribution in [2.45, 2.75) is 57.5 Å². The molecule has 0 aromatic heterocycles. The predicted octanol–water partition coefficient (Wildman–Crippen LogP) is 2.00. The molecule has 1 saturated carbocycles. The summed E-state index contributed by atoms with van der Waals surface area (Å²) in [6, 6.07) is 1.39. The van der Waals surface area contributed by atoms with Crippen LogP contribution in [-0.4, -0.2) is 43.3 Å². The van der Waals surface area contributed by atoms with Crippen LogP contribution in [0, 0.1) is 5.92 Å². The Labute approximate surface area is 106 Å². The number of unbranched alkanes of at least 4 members (excludes halogenated alkanes) is 1. The first kappa shape index (κ1) is 13.3. The van der Waals surface area contributed by atoms with Crippen molar-refractivity contribution in [2.75, 3.05) is 26.3 Å². The van der Waals surface area contributed by atoms with Crippen LogP contribution in [-0.2, 0) is 4.74 Å². The molecular formula is C14H28N2O. The van der Waals surface area contributed by atoms with Gasteiger partial charge in [0.05, 0.1) is 6.61 Å². The van der Waals surface area contributed by atoms with Crippen molar-refractivity contribution in [2.24, 2.45) is 11.7 Å². The lowest BCUT2D eigenvalue weighted by atomic mass is 9.92. The van der Waals surface area contributed by atoms with Gasteiger partial charge in [0.15, 0.2) is 0 Å². The Bertz CT molecular complexity index is 212. The maximum absolute atomic E-state index is 6.04. The summed E-state index contributed by atoms with van der Waals surface area (Å²) >= 11 is 0. The lowest BCUT2D eigenvalue weighted by Gasteiger charge is -2.38. The van der Waals surface area contributed by atoms with E-state index in [0.717, 1.165) is 25.8 Å². The molecule has 0 aromatic rings. The summed E-state index contributed by atoms with van der Waals surface area (Å²) in [6.07, 6.45) is 7.87. The lowest BCUT2D eigenvalue weighted by Crippen LogP contribution is -2.49. The van der Waals surface area contributed by atoms with Crippen LogP contribution >= 0.6 is 0 Å². The molecule has 1 saturated heterocycles. The smallest absolute Gasteiger partial charge is 0.0509 e. The third-order valence-corrected chi connectivity index (χ3v) is 4.19. The lowest BCUT2D eigenvalue weighted by molar-refractivity contribution is 0.00845. The minimum Gasteiger partial charge on any atom is -0.381 e. The molecule has 0 bridgehead atoms. The second-order valence-electron chi connectivity index (χ2n) is 5.60. The summed E-state index contributed by atoms with van der Waals surface area (Å²) in [5, 5.41) is 0. The molecule has 0 radical (unpaired) electrons. The standard InChI is InChI=1S/C14H28N2O/c1-2-3-8-16(13-6-7-13)14(10-15)12-5-4-9-17-11-12/h12-14H,2-11,15H2,1H3. The van der Waals surface area contributed by atoms with E-state index in [0.29, 0.717) is 12.0 Å². The topological polar surface area (TPSA) is 38.5 Å². The van der Waals surface area contributed by atoms with E-state index >= 15 is 0 Å². The maximum atomic E-state index is 6.04. The average Bonchev–Trinajstić information content (AvgIpc) is 3.20. The molecule has 2 fully saturated rings. The summed E-state index contributed by atoms with van der Waals surface area (Å²) in [5.74, 6) is 0.672. The minimum absolute atomic E-state index is 0.564. The van der Waals surface area contributed by atoms with E-state index in [-0.39, 0.29) is 0 Å². The van der Waals surface area contributed by atoms with Gasteiger partial charge < -0.3 is 10.5 Å². The van der Waals surface area contributed by atoms with Gasteiger partial charge in [0.2, 0.25) is 0 Å². The van der Waals surface area contributed by atoms with E-state index < -0.39 is 0 Å². The van der Waals surface area contributed by atoms with E-state index in [1.54, 1.807) is 0 Å². The molecule has 3 heteroatoms. The van der Waals surface area contributed by atoms with Crippen molar-refractivity contribution in [3.8, 4) is 0 Å². The fourth-order valence-electron chi connectivity index (χ4n) is 3.03. The van der Waals surface area contributed by atoms with Crippen LogP contribution in [0.5, 0.6) is 0 Å². The van der Waals surface area contributed by atoms with Crippen LogP contribution in [0.4, 0.5) is 0 Å². The van der Waals surface area contributed by atoms with Crippen molar-refractivity contribution >= 4 is 0 Å². The quantitative estimate of drug-likeness (QED) is 0.740. The fourth-order valence-corrected chi connectivity index (χ4v) is 3.03. The normalized spacial score (nSPS) is 27.4. The van der Waals surface area contributed by atoms with E-state index in [1.165, 1.54) is 45.1 Å². The summed E-state index contributed by atoms with van der Waals surface area (Å²) in [4.78, 5) is 2.70. The van der Waals surface area contributed by atoms with Crippen molar-refractivity contribution in [1.82, 2.24) is 4.90 Å². The van der Waals surface area contributed by atoms with Gasteiger partial charge in [-0.1, -0.05) is 13.3 Å². The summed E-state index contributed by atoms with van der Waals surface area (Å²) in [6.45, 7) is 6.18. The Morgan fingerprint density at radius 3 is 2.71 bits per heavy atom. The third kappa shape index (κ3) is 3.67. The van der Waals surface area contributed by atoms with Crippen LogP contribution in [0.25, 0.3) is 0 Å². The van der Waals surface area contributed by atoms with Gasteiger partial charge in [0.25, 0.3) is 0 Å². The second-order valence-corrected chi connectivity index (χ2v) is 5.60. The molecule has 100 valence electrons. The van der Waals surface area contributed by atoms with Crippen LogP contribution in [0.3, 0.4) is 0 Å². The Morgan fingerprint density at radius 1 is 1.35 bits per heavy atom. The van der Waals surface area contributed by atoms with Gasteiger partial charge in [-0.3, -0.25) is 4.90 Å². The Kier molecular flexibility index (Phi) is 5.26. The molecule has 1 aliphatic heterocycles. The number of ether oxygens (including phenoxy) is 1. The molecule has 3 nitrogen and oxygen atoms in total. The summed E-state index contributed by atoms with van der Waals surface area (Å²) < 4.78 is 5.64. The monoisotopic (exact) mass is 240 g/mol. The highest BCUT2D eigenvalue weighted by molar-refractivity contribution is 4.92. The number of nitrogens with two attached hydrogens (primary N) is 1. The van der Waals surface area contributed by atoms with Gasteiger partial charge in [0.1, 0.15) is 0 Å². The van der Waals surface area contributed by atoms with Crippen LogP contribution in [0.2, 0.25) is 0 Å². The van der Waals surface area contributed by atoms with Gasteiger partial charge >= 0.3 is 0 Å². The first-order valence-corrected chi connectivity index (χ1v) is 7.40. The van der Waals surface area contributed by atoms with Crippen LogP contribution in [0.1, 0.15) is 45.4 Å². The first-order valence-electron chi connectivity index (χ1n) is 7.40. The van der Waals surface area contributed by atoms with Gasteiger partial charge in [-0.05, 0) is 44.6 Å². The van der Waals surface area contributed by atoms with Gasteiger partial charge in [-0.15, -0.1) is 0 Å².